The average molecular weight is 563 g/mol. The van der Waals surface area contributed by atoms with Gasteiger partial charge in [0.05, 0.1) is 35.3 Å². The van der Waals surface area contributed by atoms with E-state index in [0.29, 0.717) is 41.8 Å². The third-order valence-electron chi connectivity index (χ3n) is 6.29. The SMILES string of the molecule is NC(=O)CN1CCN(C2=NC(=O)C(=Cc3ccc4c(cnn4Cc4ccc(Cl)cc4C(F)(F)F)c3)S2)CC1. The lowest BCUT2D eigenvalue weighted by molar-refractivity contribution is -0.138. The fraction of sp³-hybridized carbons (Fsp3) is 0.280. The van der Waals surface area contributed by atoms with Gasteiger partial charge in [-0.1, -0.05) is 23.7 Å². The van der Waals surface area contributed by atoms with E-state index in [0.717, 1.165) is 17.0 Å². The highest BCUT2D eigenvalue weighted by molar-refractivity contribution is 8.18. The number of aromatic nitrogens is 2. The zero-order valence-corrected chi connectivity index (χ0v) is 21.5. The monoisotopic (exact) mass is 562 g/mol. The molecule has 0 spiro atoms. The smallest absolute Gasteiger partial charge is 0.369 e. The molecule has 2 aromatic carbocycles. The van der Waals surface area contributed by atoms with Crippen LogP contribution in [0.5, 0.6) is 0 Å². The van der Waals surface area contributed by atoms with Crippen LogP contribution in [-0.2, 0) is 22.3 Å². The van der Waals surface area contributed by atoms with Crippen LogP contribution in [0, 0.1) is 0 Å². The normalized spacial score (nSPS) is 18.0. The van der Waals surface area contributed by atoms with Crippen molar-refractivity contribution in [2.75, 3.05) is 32.7 Å². The van der Waals surface area contributed by atoms with E-state index < -0.39 is 11.7 Å². The Morgan fingerprint density at radius 2 is 1.89 bits per heavy atom. The molecule has 13 heteroatoms. The highest BCUT2D eigenvalue weighted by Gasteiger charge is 2.34. The van der Waals surface area contributed by atoms with Crippen LogP contribution >= 0.6 is 23.4 Å². The summed E-state index contributed by atoms with van der Waals surface area (Å²) in [5.41, 5.74) is 5.94. The van der Waals surface area contributed by atoms with Crippen molar-refractivity contribution in [3.8, 4) is 0 Å². The molecule has 5 rings (SSSR count). The Kier molecular flexibility index (Phi) is 7.21. The van der Waals surface area contributed by atoms with Crippen LogP contribution in [0.3, 0.4) is 0 Å². The van der Waals surface area contributed by atoms with Crippen LogP contribution in [0.25, 0.3) is 17.0 Å². The van der Waals surface area contributed by atoms with E-state index in [1.807, 2.05) is 15.9 Å². The number of amides is 2. The molecule has 1 aromatic heterocycles. The van der Waals surface area contributed by atoms with E-state index in [9.17, 15) is 22.8 Å². The number of hydrogen-bond donors (Lipinski definition) is 1. The van der Waals surface area contributed by atoms with Crippen LogP contribution in [0.4, 0.5) is 13.2 Å². The summed E-state index contributed by atoms with van der Waals surface area (Å²) >= 11 is 7.08. The number of fused-ring (bicyclic) bond motifs is 1. The summed E-state index contributed by atoms with van der Waals surface area (Å²) in [6, 6.07) is 9.08. The Bertz CT molecular complexity index is 1480. The van der Waals surface area contributed by atoms with E-state index in [4.69, 9.17) is 17.3 Å². The first-order chi connectivity index (χ1) is 18.1. The second kappa shape index (κ2) is 10.4. The van der Waals surface area contributed by atoms with Gasteiger partial charge in [-0.15, -0.1) is 0 Å². The molecule has 198 valence electrons. The summed E-state index contributed by atoms with van der Waals surface area (Å²) in [5.74, 6) is -0.701. The van der Waals surface area contributed by atoms with Gasteiger partial charge >= 0.3 is 6.18 Å². The van der Waals surface area contributed by atoms with E-state index in [1.54, 1.807) is 24.4 Å². The Labute approximate surface area is 224 Å². The molecular weight excluding hydrogens is 541 g/mol. The molecule has 0 radical (unpaired) electrons. The minimum atomic E-state index is -4.54. The number of rotatable bonds is 5. The largest absolute Gasteiger partial charge is 0.416 e. The van der Waals surface area contributed by atoms with Gasteiger partial charge in [0.15, 0.2) is 5.17 Å². The number of hydrogen-bond acceptors (Lipinski definition) is 6. The maximum absolute atomic E-state index is 13.5. The molecule has 8 nitrogen and oxygen atoms in total. The van der Waals surface area contributed by atoms with E-state index in [1.165, 1.54) is 28.6 Å². The number of benzene rings is 2. The average Bonchev–Trinajstić information content (AvgIpc) is 3.42. The molecule has 0 aliphatic carbocycles. The number of alkyl halides is 3. The third-order valence-corrected chi connectivity index (χ3v) is 7.57. The molecule has 1 saturated heterocycles. The van der Waals surface area contributed by atoms with Gasteiger partial charge < -0.3 is 10.6 Å². The predicted molar refractivity (Wildman–Crippen MR) is 141 cm³/mol. The summed E-state index contributed by atoms with van der Waals surface area (Å²) in [4.78, 5) is 32.3. The Morgan fingerprint density at radius 3 is 2.61 bits per heavy atom. The van der Waals surface area contributed by atoms with Gasteiger partial charge in [-0.05, 0) is 53.2 Å². The van der Waals surface area contributed by atoms with E-state index in [-0.39, 0.29) is 35.5 Å². The standard InChI is InChI=1S/C25H22ClF3N6O2S/c26-18-3-2-16(19(11-18)25(27,28)29)13-35-20-4-1-15(9-17(20)12-31-35)10-21-23(37)32-24(38-21)34-7-5-33(6-8-34)14-22(30)36/h1-4,9-12H,5-8,13-14H2,(H2,30,36). The first kappa shape index (κ1) is 26.3. The van der Waals surface area contributed by atoms with Crippen LogP contribution in [0.2, 0.25) is 5.02 Å². The minimum absolute atomic E-state index is 0.0147. The fourth-order valence-electron chi connectivity index (χ4n) is 4.44. The van der Waals surface area contributed by atoms with Crippen molar-refractivity contribution in [2.24, 2.45) is 10.7 Å². The zero-order valence-electron chi connectivity index (χ0n) is 19.9. The molecule has 3 aromatic rings. The van der Waals surface area contributed by atoms with Gasteiger partial charge in [-0.3, -0.25) is 19.2 Å². The molecule has 2 aliphatic heterocycles. The minimum Gasteiger partial charge on any atom is -0.369 e. The van der Waals surface area contributed by atoms with Gasteiger partial charge in [0.1, 0.15) is 0 Å². The van der Waals surface area contributed by atoms with Crippen molar-refractivity contribution < 1.29 is 22.8 Å². The van der Waals surface area contributed by atoms with Crippen LogP contribution < -0.4 is 5.73 Å². The van der Waals surface area contributed by atoms with Crippen molar-refractivity contribution in [3.05, 3.63) is 69.2 Å². The van der Waals surface area contributed by atoms with Crippen LogP contribution in [0.15, 0.2) is 52.5 Å². The molecule has 3 heterocycles. The Hall–Kier alpha value is -3.35. The number of thioether (sulfide) groups is 1. The quantitative estimate of drug-likeness (QED) is 0.475. The second-order valence-electron chi connectivity index (χ2n) is 8.96. The molecule has 2 N–H and O–H groups in total. The van der Waals surface area contributed by atoms with Gasteiger partial charge in [0.2, 0.25) is 5.91 Å². The molecule has 1 fully saturated rings. The number of piperazine rings is 1. The summed E-state index contributed by atoms with van der Waals surface area (Å²) in [6.07, 6.45) is -1.21. The number of amidine groups is 1. The summed E-state index contributed by atoms with van der Waals surface area (Å²) in [5, 5.41) is 5.65. The Balaban J connectivity index is 1.30. The number of aliphatic imine (C=N–C) groups is 1. The highest BCUT2D eigenvalue weighted by Crippen LogP contribution is 2.35. The van der Waals surface area contributed by atoms with Gasteiger partial charge in [-0.2, -0.15) is 23.3 Å². The lowest BCUT2D eigenvalue weighted by Gasteiger charge is -2.34. The maximum Gasteiger partial charge on any atom is 0.416 e. The topological polar surface area (TPSA) is 96.8 Å². The first-order valence-corrected chi connectivity index (χ1v) is 12.9. The van der Waals surface area contributed by atoms with Crippen molar-refractivity contribution >= 4 is 57.3 Å². The molecular formula is C25H22ClF3N6O2S. The maximum atomic E-state index is 13.5. The number of nitrogens with two attached hydrogens (primary N) is 1. The lowest BCUT2D eigenvalue weighted by atomic mass is 10.1. The molecule has 2 amide bonds. The van der Waals surface area contributed by atoms with E-state index in [2.05, 4.69) is 10.1 Å². The fourth-order valence-corrected chi connectivity index (χ4v) is 5.57. The van der Waals surface area contributed by atoms with Crippen LogP contribution in [0.1, 0.15) is 16.7 Å². The second-order valence-corrected chi connectivity index (χ2v) is 10.4. The van der Waals surface area contributed by atoms with Gasteiger partial charge in [-0.25, -0.2) is 0 Å². The highest BCUT2D eigenvalue weighted by atomic mass is 35.5. The number of carbonyl (C=O) groups is 2. The van der Waals surface area contributed by atoms with Crippen molar-refractivity contribution in [2.45, 2.75) is 12.7 Å². The molecule has 38 heavy (non-hydrogen) atoms. The summed E-state index contributed by atoms with van der Waals surface area (Å²) in [6.45, 7) is 2.70. The number of primary amides is 1. The number of carbonyl (C=O) groups excluding carboxylic acids is 2. The molecule has 0 bridgehead atoms. The number of nitrogens with zero attached hydrogens (tertiary/aromatic N) is 5. The van der Waals surface area contributed by atoms with E-state index >= 15 is 0 Å². The van der Waals surface area contributed by atoms with Gasteiger partial charge in [0, 0.05) is 36.6 Å². The summed E-state index contributed by atoms with van der Waals surface area (Å²) in [7, 11) is 0. The van der Waals surface area contributed by atoms with Crippen molar-refractivity contribution in [1.82, 2.24) is 19.6 Å². The van der Waals surface area contributed by atoms with Crippen molar-refractivity contribution in [3.63, 3.8) is 0 Å². The molecule has 0 unspecified atom stereocenters. The zero-order chi connectivity index (χ0) is 27.0. The lowest BCUT2D eigenvalue weighted by Crippen LogP contribution is -2.49. The Morgan fingerprint density at radius 1 is 1.13 bits per heavy atom. The molecule has 0 atom stereocenters. The predicted octanol–water partition coefficient (Wildman–Crippen LogP) is 3.83. The third kappa shape index (κ3) is 5.71. The van der Waals surface area contributed by atoms with Gasteiger partial charge in [0.25, 0.3) is 5.91 Å². The first-order valence-electron chi connectivity index (χ1n) is 11.7. The van der Waals surface area contributed by atoms with Crippen molar-refractivity contribution in [1.29, 1.82) is 0 Å². The van der Waals surface area contributed by atoms with Crippen LogP contribution in [-0.4, -0.2) is 69.3 Å². The molecule has 2 aliphatic rings. The molecule has 0 saturated carbocycles. The number of halogens is 4. The summed E-state index contributed by atoms with van der Waals surface area (Å²) < 4.78 is 42.0.